The summed E-state index contributed by atoms with van der Waals surface area (Å²) in [6, 6.07) is 6.91. The van der Waals surface area contributed by atoms with E-state index in [1.54, 1.807) is 16.7 Å². The van der Waals surface area contributed by atoms with E-state index < -0.39 is 0 Å². The SMILES string of the molecule is CCc1cccc2c1CC[C@H]1CNC[C@@H]21. The van der Waals surface area contributed by atoms with Gasteiger partial charge in [0.2, 0.25) is 0 Å². The number of hydrogen-bond acceptors (Lipinski definition) is 1. The van der Waals surface area contributed by atoms with E-state index in [4.69, 9.17) is 0 Å². The van der Waals surface area contributed by atoms with Crippen LogP contribution >= 0.6 is 0 Å². The maximum Gasteiger partial charge on any atom is 0.00235 e. The molecule has 1 N–H and O–H groups in total. The molecule has 1 aliphatic carbocycles. The lowest BCUT2D eigenvalue weighted by Gasteiger charge is -2.29. The van der Waals surface area contributed by atoms with E-state index in [1.807, 2.05) is 0 Å². The molecule has 0 aromatic heterocycles. The summed E-state index contributed by atoms with van der Waals surface area (Å²) in [5.74, 6) is 1.71. The summed E-state index contributed by atoms with van der Waals surface area (Å²) in [4.78, 5) is 0. The molecule has 0 amide bonds. The molecule has 80 valence electrons. The van der Waals surface area contributed by atoms with E-state index in [1.165, 1.54) is 32.4 Å². The normalized spacial score (nSPS) is 28.6. The molecule has 15 heavy (non-hydrogen) atoms. The predicted molar refractivity (Wildman–Crippen MR) is 63.2 cm³/mol. The van der Waals surface area contributed by atoms with Crippen LogP contribution in [-0.4, -0.2) is 13.1 Å². The van der Waals surface area contributed by atoms with Gasteiger partial charge in [-0.25, -0.2) is 0 Å². The van der Waals surface area contributed by atoms with Gasteiger partial charge < -0.3 is 5.32 Å². The Morgan fingerprint density at radius 2 is 2.27 bits per heavy atom. The van der Waals surface area contributed by atoms with Crippen LogP contribution in [0.1, 0.15) is 36.0 Å². The van der Waals surface area contributed by atoms with Gasteiger partial charge >= 0.3 is 0 Å². The fourth-order valence-corrected chi connectivity index (χ4v) is 3.37. The Kier molecular flexibility index (Phi) is 2.28. The highest BCUT2D eigenvalue weighted by Crippen LogP contribution is 2.39. The van der Waals surface area contributed by atoms with Crippen LogP contribution in [0.4, 0.5) is 0 Å². The van der Waals surface area contributed by atoms with E-state index in [9.17, 15) is 0 Å². The summed E-state index contributed by atoms with van der Waals surface area (Å²) in [6.45, 7) is 4.71. The van der Waals surface area contributed by atoms with Crippen LogP contribution in [0.5, 0.6) is 0 Å². The first-order valence-corrected chi connectivity index (χ1v) is 6.21. The van der Waals surface area contributed by atoms with Gasteiger partial charge in [-0.15, -0.1) is 0 Å². The van der Waals surface area contributed by atoms with Gasteiger partial charge in [0.15, 0.2) is 0 Å². The zero-order valence-electron chi connectivity index (χ0n) is 9.42. The third-order valence-electron chi connectivity index (χ3n) is 4.19. The van der Waals surface area contributed by atoms with Crippen molar-refractivity contribution in [3.8, 4) is 0 Å². The third-order valence-corrected chi connectivity index (χ3v) is 4.19. The second-order valence-electron chi connectivity index (χ2n) is 4.90. The highest BCUT2D eigenvalue weighted by Gasteiger charge is 2.33. The number of fused-ring (bicyclic) bond motifs is 3. The van der Waals surface area contributed by atoms with E-state index in [-0.39, 0.29) is 0 Å². The second kappa shape index (κ2) is 3.64. The number of rotatable bonds is 1. The molecule has 1 heterocycles. The first-order valence-electron chi connectivity index (χ1n) is 6.21. The largest absolute Gasteiger partial charge is 0.316 e. The van der Waals surface area contributed by atoms with E-state index in [0.717, 1.165) is 11.8 Å². The van der Waals surface area contributed by atoms with Gasteiger partial charge in [-0.05, 0) is 48.4 Å². The fraction of sp³-hybridized carbons (Fsp3) is 0.571. The average molecular weight is 201 g/mol. The van der Waals surface area contributed by atoms with Gasteiger partial charge in [-0.1, -0.05) is 25.1 Å². The molecule has 1 aromatic rings. The average Bonchev–Trinajstić information content (AvgIpc) is 2.76. The molecule has 0 spiro atoms. The molecule has 0 bridgehead atoms. The summed E-state index contributed by atoms with van der Waals surface area (Å²) >= 11 is 0. The van der Waals surface area contributed by atoms with Crippen molar-refractivity contribution >= 4 is 0 Å². The van der Waals surface area contributed by atoms with E-state index in [0.29, 0.717) is 0 Å². The van der Waals surface area contributed by atoms with Crippen molar-refractivity contribution in [3.05, 3.63) is 34.9 Å². The maximum atomic E-state index is 3.54. The summed E-state index contributed by atoms with van der Waals surface area (Å²) in [7, 11) is 0. The van der Waals surface area contributed by atoms with Crippen molar-refractivity contribution in [2.75, 3.05) is 13.1 Å². The first kappa shape index (κ1) is 9.41. The van der Waals surface area contributed by atoms with Crippen LogP contribution < -0.4 is 5.32 Å². The fourth-order valence-electron chi connectivity index (χ4n) is 3.37. The Morgan fingerprint density at radius 1 is 1.33 bits per heavy atom. The van der Waals surface area contributed by atoms with Crippen molar-refractivity contribution in [1.82, 2.24) is 5.32 Å². The van der Waals surface area contributed by atoms with E-state index in [2.05, 4.69) is 30.4 Å². The van der Waals surface area contributed by atoms with Gasteiger partial charge in [0.1, 0.15) is 0 Å². The number of nitrogens with one attached hydrogen (secondary N) is 1. The molecule has 2 aliphatic rings. The minimum atomic E-state index is 0.806. The highest BCUT2D eigenvalue weighted by atomic mass is 14.9. The second-order valence-corrected chi connectivity index (χ2v) is 4.90. The Morgan fingerprint density at radius 3 is 3.13 bits per heavy atom. The number of aryl methyl sites for hydroxylation is 1. The van der Waals surface area contributed by atoms with Crippen molar-refractivity contribution in [2.45, 2.75) is 32.1 Å². The first-order chi connectivity index (χ1) is 7.40. The monoisotopic (exact) mass is 201 g/mol. The minimum absolute atomic E-state index is 0.806. The van der Waals surface area contributed by atoms with Crippen LogP contribution in [0.15, 0.2) is 18.2 Å². The molecule has 1 fully saturated rings. The lowest BCUT2D eigenvalue weighted by atomic mass is 9.75. The van der Waals surface area contributed by atoms with Gasteiger partial charge in [-0.2, -0.15) is 0 Å². The molecule has 1 aromatic carbocycles. The Hall–Kier alpha value is -0.820. The summed E-state index contributed by atoms with van der Waals surface area (Å²) < 4.78 is 0. The summed E-state index contributed by atoms with van der Waals surface area (Å²) in [5, 5.41) is 3.54. The number of hydrogen-bond donors (Lipinski definition) is 1. The maximum absolute atomic E-state index is 3.54. The van der Waals surface area contributed by atoms with Crippen molar-refractivity contribution in [2.24, 2.45) is 5.92 Å². The lowest BCUT2D eigenvalue weighted by Crippen LogP contribution is -2.20. The molecule has 1 saturated heterocycles. The zero-order valence-corrected chi connectivity index (χ0v) is 9.42. The quantitative estimate of drug-likeness (QED) is 0.736. The van der Waals surface area contributed by atoms with Gasteiger partial charge in [-0.3, -0.25) is 0 Å². The zero-order chi connectivity index (χ0) is 10.3. The van der Waals surface area contributed by atoms with Crippen LogP contribution in [0.3, 0.4) is 0 Å². The standard InChI is InChI=1S/C14H19N/c1-2-10-4-3-5-13-12(10)7-6-11-8-15-9-14(11)13/h3-5,11,14-15H,2,6-9H2,1H3/t11-,14+/m0/s1. The molecule has 1 nitrogen and oxygen atoms in total. The van der Waals surface area contributed by atoms with Crippen LogP contribution in [0, 0.1) is 5.92 Å². The van der Waals surface area contributed by atoms with Crippen LogP contribution in [-0.2, 0) is 12.8 Å². The predicted octanol–water partition coefficient (Wildman–Crippen LogP) is 2.50. The van der Waals surface area contributed by atoms with Gasteiger partial charge in [0.25, 0.3) is 0 Å². The minimum Gasteiger partial charge on any atom is -0.316 e. The molecule has 3 rings (SSSR count). The molecule has 1 aliphatic heterocycles. The van der Waals surface area contributed by atoms with Crippen LogP contribution in [0.2, 0.25) is 0 Å². The molecule has 1 heteroatoms. The van der Waals surface area contributed by atoms with Crippen molar-refractivity contribution < 1.29 is 0 Å². The Labute approximate surface area is 91.9 Å². The Balaban J connectivity index is 2.07. The van der Waals surface area contributed by atoms with Crippen molar-refractivity contribution in [3.63, 3.8) is 0 Å². The van der Waals surface area contributed by atoms with Crippen LogP contribution in [0.25, 0.3) is 0 Å². The van der Waals surface area contributed by atoms with Gasteiger partial charge in [0.05, 0.1) is 0 Å². The number of benzene rings is 1. The summed E-state index contributed by atoms with van der Waals surface area (Å²) in [6.07, 6.45) is 3.89. The third kappa shape index (κ3) is 1.41. The highest BCUT2D eigenvalue weighted by molar-refractivity contribution is 5.40. The lowest BCUT2D eigenvalue weighted by molar-refractivity contribution is 0.450. The molecular formula is C14H19N. The molecular weight excluding hydrogens is 182 g/mol. The topological polar surface area (TPSA) is 12.0 Å². The smallest absolute Gasteiger partial charge is 0.00235 e. The molecule has 0 unspecified atom stereocenters. The molecule has 2 atom stereocenters. The van der Waals surface area contributed by atoms with Gasteiger partial charge in [0, 0.05) is 12.5 Å². The molecule has 0 radical (unpaired) electrons. The summed E-state index contributed by atoms with van der Waals surface area (Å²) in [5.41, 5.74) is 4.90. The van der Waals surface area contributed by atoms with E-state index >= 15 is 0 Å². The molecule has 0 saturated carbocycles. The Bertz CT molecular complexity index is 370. The van der Waals surface area contributed by atoms with Crippen molar-refractivity contribution in [1.29, 1.82) is 0 Å².